The standard InChI is InChI=1S/C12H9N3O/c13-11-8(4-3-7-14-11)12-15-9-5-1-2-6-10(9)16-12/h1-7H,(H2,13,14)/p+1. The van der Waals surface area contributed by atoms with Crippen molar-refractivity contribution >= 4 is 16.9 Å². The second-order valence-electron chi connectivity index (χ2n) is 3.48. The Hall–Kier alpha value is -2.36. The largest absolute Gasteiger partial charge is 0.436 e. The fraction of sp³-hybridized carbons (Fsp3) is 0. The molecule has 78 valence electrons. The highest BCUT2D eigenvalue weighted by atomic mass is 16.3. The van der Waals surface area contributed by atoms with E-state index in [0.29, 0.717) is 11.7 Å². The molecule has 0 fully saturated rings. The van der Waals surface area contributed by atoms with Gasteiger partial charge in [0.25, 0.3) is 5.82 Å². The summed E-state index contributed by atoms with van der Waals surface area (Å²) in [5.41, 5.74) is 8.19. The molecule has 1 aromatic carbocycles. The first-order valence-corrected chi connectivity index (χ1v) is 4.97. The Kier molecular flexibility index (Phi) is 1.86. The van der Waals surface area contributed by atoms with Gasteiger partial charge >= 0.3 is 0 Å². The maximum Gasteiger partial charge on any atom is 0.282 e. The van der Waals surface area contributed by atoms with E-state index in [1.807, 2.05) is 36.4 Å². The molecule has 0 aliphatic carbocycles. The highest BCUT2D eigenvalue weighted by molar-refractivity contribution is 5.77. The van der Waals surface area contributed by atoms with Crippen molar-refractivity contribution in [2.24, 2.45) is 0 Å². The molecule has 0 unspecified atom stereocenters. The molecule has 0 atom stereocenters. The van der Waals surface area contributed by atoms with Crippen molar-refractivity contribution in [3.8, 4) is 11.5 Å². The number of fused-ring (bicyclic) bond motifs is 1. The summed E-state index contributed by atoms with van der Waals surface area (Å²) in [6.45, 7) is 0. The predicted octanol–water partition coefficient (Wildman–Crippen LogP) is 1.89. The number of H-pyrrole nitrogens is 1. The first-order valence-electron chi connectivity index (χ1n) is 4.97. The minimum Gasteiger partial charge on any atom is -0.436 e. The number of oxazole rings is 1. The first kappa shape index (κ1) is 8.91. The molecule has 2 aromatic heterocycles. The zero-order valence-corrected chi connectivity index (χ0v) is 8.47. The molecule has 0 aliphatic heterocycles. The number of benzene rings is 1. The van der Waals surface area contributed by atoms with Gasteiger partial charge in [-0.05, 0) is 24.3 Å². The topological polar surface area (TPSA) is 66.2 Å². The number of hydrogen-bond donors (Lipinski definition) is 1. The molecule has 0 radical (unpaired) electrons. The molecule has 0 saturated heterocycles. The molecular weight excluding hydrogens is 202 g/mol. The normalized spacial score (nSPS) is 10.8. The van der Waals surface area contributed by atoms with Crippen molar-refractivity contribution in [1.29, 1.82) is 0 Å². The van der Waals surface area contributed by atoms with Gasteiger partial charge in [0.05, 0.1) is 6.20 Å². The Morgan fingerprint density at radius 3 is 2.81 bits per heavy atom. The lowest BCUT2D eigenvalue weighted by Crippen LogP contribution is -2.10. The molecular formula is C12H10N3O+. The summed E-state index contributed by atoms with van der Waals surface area (Å²) in [7, 11) is 0. The van der Waals surface area contributed by atoms with Crippen LogP contribution in [0.3, 0.4) is 0 Å². The molecule has 0 bridgehead atoms. The number of rotatable bonds is 1. The van der Waals surface area contributed by atoms with Gasteiger partial charge in [0.1, 0.15) is 11.1 Å². The van der Waals surface area contributed by atoms with Gasteiger partial charge in [-0.3, -0.25) is 5.73 Å². The van der Waals surface area contributed by atoms with Gasteiger partial charge in [-0.15, -0.1) is 0 Å². The van der Waals surface area contributed by atoms with Gasteiger partial charge in [-0.25, -0.2) is 9.97 Å². The quantitative estimate of drug-likeness (QED) is 0.669. The maximum atomic E-state index is 5.82. The fourth-order valence-corrected chi connectivity index (χ4v) is 1.62. The summed E-state index contributed by atoms with van der Waals surface area (Å²) in [5, 5.41) is 0. The molecule has 4 nitrogen and oxygen atoms in total. The lowest BCUT2D eigenvalue weighted by Gasteiger charge is -1.93. The summed E-state index contributed by atoms with van der Waals surface area (Å²) < 4.78 is 5.62. The summed E-state index contributed by atoms with van der Waals surface area (Å²) >= 11 is 0. The SMILES string of the molecule is Nc1[nH+]cccc1-c1nc2ccccc2o1. The number of aromatic amines is 1. The Morgan fingerprint density at radius 2 is 2.00 bits per heavy atom. The van der Waals surface area contributed by atoms with Crippen molar-refractivity contribution in [1.82, 2.24) is 4.98 Å². The summed E-state index contributed by atoms with van der Waals surface area (Å²) in [6, 6.07) is 11.4. The van der Waals surface area contributed by atoms with Crippen molar-refractivity contribution in [3.63, 3.8) is 0 Å². The van der Waals surface area contributed by atoms with Crippen LogP contribution in [0.2, 0.25) is 0 Å². The summed E-state index contributed by atoms with van der Waals surface area (Å²) in [5.74, 6) is 1.09. The van der Waals surface area contributed by atoms with E-state index in [-0.39, 0.29) is 0 Å². The van der Waals surface area contributed by atoms with E-state index in [0.717, 1.165) is 16.7 Å². The van der Waals surface area contributed by atoms with Crippen molar-refractivity contribution in [3.05, 3.63) is 42.6 Å². The van der Waals surface area contributed by atoms with Gasteiger partial charge in [-0.2, -0.15) is 0 Å². The minimum absolute atomic E-state index is 0.538. The molecule has 3 N–H and O–H groups in total. The zero-order valence-electron chi connectivity index (χ0n) is 8.47. The van der Waals surface area contributed by atoms with E-state index in [9.17, 15) is 0 Å². The molecule has 0 spiro atoms. The van der Waals surface area contributed by atoms with Crippen LogP contribution in [0.4, 0.5) is 5.82 Å². The third kappa shape index (κ3) is 1.32. The van der Waals surface area contributed by atoms with Crippen LogP contribution in [-0.2, 0) is 0 Å². The lowest BCUT2D eigenvalue weighted by molar-refractivity contribution is -0.359. The van der Waals surface area contributed by atoms with Gasteiger partial charge < -0.3 is 4.42 Å². The number of nitrogen functional groups attached to an aromatic ring is 1. The molecule has 0 saturated carbocycles. The molecule has 2 heterocycles. The minimum atomic E-state index is 0.538. The smallest absolute Gasteiger partial charge is 0.282 e. The molecule has 0 amide bonds. The third-order valence-electron chi connectivity index (χ3n) is 2.41. The third-order valence-corrected chi connectivity index (χ3v) is 2.41. The number of pyridine rings is 1. The molecule has 3 rings (SSSR count). The molecule has 0 aliphatic rings. The fourth-order valence-electron chi connectivity index (χ4n) is 1.62. The van der Waals surface area contributed by atoms with E-state index in [2.05, 4.69) is 9.97 Å². The van der Waals surface area contributed by atoms with Gasteiger partial charge in [0.15, 0.2) is 5.58 Å². The zero-order chi connectivity index (χ0) is 11.0. The van der Waals surface area contributed by atoms with E-state index < -0.39 is 0 Å². The van der Waals surface area contributed by atoms with E-state index in [1.54, 1.807) is 6.20 Å². The maximum absolute atomic E-state index is 5.82. The second-order valence-corrected chi connectivity index (χ2v) is 3.48. The van der Waals surface area contributed by atoms with E-state index >= 15 is 0 Å². The van der Waals surface area contributed by atoms with Crippen LogP contribution in [0.25, 0.3) is 22.6 Å². The number of anilines is 1. The second kappa shape index (κ2) is 3.34. The molecule has 4 heteroatoms. The van der Waals surface area contributed by atoms with Crippen LogP contribution in [-0.4, -0.2) is 4.98 Å². The highest BCUT2D eigenvalue weighted by Crippen LogP contribution is 2.25. The van der Waals surface area contributed by atoms with Gasteiger partial charge in [0.2, 0.25) is 5.89 Å². The highest BCUT2D eigenvalue weighted by Gasteiger charge is 2.13. The number of nitrogens with two attached hydrogens (primary N) is 1. The monoisotopic (exact) mass is 212 g/mol. The Labute approximate surface area is 91.7 Å². The Bertz CT molecular complexity index is 612. The number of nitrogens with zero attached hydrogens (tertiary/aromatic N) is 1. The van der Waals surface area contributed by atoms with Gasteiger partial charge in [-0.1, -0.05) is 12.1 Å². The average Bonchev–Trinajstić information content (AvgIpc) is 2.73. The van der Waals surface area contributed by atoms with Crippen LogP contribution in [0.1, 0.15) is 0 Å². The van der Waals surface area contributed by atoms with Crippen molar-refractivity contribution in [2.45, 2.75) is 0 Å². The van der Waals surface area contributed by atoms with Crippen LogP contribution in [0.5, 0.6) is 0 Å². The van der Waals surface area contributed by atoms with Crippen molar-refractivity contribution < 1.29 is 9.40 Å². The van der Waals surface area contributed by atoms with Gasteiger partial charge in [0, 0.05) is 0 Å². The van der Waals surface area contributed by atoms with Crippen LogP contribution >= 0.6 is 0 Å². The lowest BCUT2D eigenvalue weighted by atomic mass is 10.2. The average molecular weight is 212 g/mol. The number of hydrogen-bond acceptors (Lipinski definition) is 3. The number of para-hydroxylation sites is 2. The van der Waals surface area contributed by atoms with E-state index in [1.165, 1.54) is 0 Å². The summed E-state index contributed by atoms with van der Waals surface area (Å²) in [6.07, 6.45) is 1.77. The predicted molar refractivity (Wildman–Crippen MR) is 60.4 cm³/mol. The molecule has 16 heavy (non-hydrogen) atoms. The Balaban J connectivity index is 2.23. The van der Waals surface area contributed by atoms with E-state index in [4.69, 9.17) is 10.2 Å². The number of nitrogens with one attached hydrogen (secondary N) is 1. The van der Waals surface area contributed by atoms with Crippen LogP contribution in [0.15, 0.2) is 47.0 Å². The first-order chi connectivity index (χ1) is 7.84. The summed E-state index contributed by atoms with van der Waals surface area (Å²) in [4.78, 5) is 7.30. The van der Waals surface area contributed by atoms with Crippen LogP contribution < -0.4 is 10.7 Å². The van der Waals surface area contributed by atoms with Crippen LogP contribution in [0, 0.1) is 0 Å². The van der Waals surface area contributed by atoms with Crippen molar-refractivity contribution in [2.75, 3.05) is 5.73 Å². The number of aromatic nitrogens is 2. The Morgan fingerprint density at radius 1 is 1.12 bits per heavy atom. The molecule has 3 aromatic rings.